The van der Waals surface area contributed by atoms with Gasteiger partial charge in [0.25, 0.3) is 0 Å². The predicted octanol–water partition coefficient (Wildman–Crippen LogP) is 0.979. The summed E-state index contributed by atoms with van der Waals surface area (Å²) in [5.41, 5.74) is 0.972. The first kappa shape index (κ1) is 15.1. The molecule has 1 fully saturated rings. The number of pyridine rings is 1. The third-order valence-electron chi connectivity index (χ3n) is 3.52. The van der Waals surface area contributed by atoms with Crippen LogP contribution in [-0.2, 0) is 11.3 Å². The van der Waals surface area contributed by atoms with E-state index in [4.69, 9.17) is 0 Å². The van der Waals surface area contributed by atoms with Crippen LogP contribution in [0.15, 0.2) is 37.1 Å². The van der Waals surface area contributed by atoms with Gasteiger partial charge in [-0.2, -0.15) is 11.8 Å². The number of nitrogens with zero attached hydrogens (tertiary/aromatic N) is 3. The van der Waals surface area contributed by atoms with E-state index in [0.29, 0.717) is 13.0 Å². The highest BCUT2D eigenvalue weighted by molar-refractivity contribution is 7.99. The lowest BCUT2D eigenvalue weighted by Crippen LogP contribution is -2.41. The lowest BCUT2D eigenvalue weighted by Gasteiger charge is -2.22. The summed E-state index contributed by atoms with van der Waals surface area (Å²) >= 11 is 1.90. The molecule has 0 saturated carbocycles. The van der Waals surface area contributed by atoms with Gasteiger partial charge >= 0.3 is 0 Å². The van der Waals surface area contributed by atoms with Crippen LogP contribution in [0.3, 0.4) is 0 Å². The van der Waals surface area contributed by atoms with Gasteiger partial charge < -0.3 is 10.6 Å². The van der Waals surface area contributed by atoms with Crippen LogP contribution >= 0.6 is 11.8 Å². The third-order valence-corrected chi connectivity index (χ3v) is 4.65. The zero-order valence-corrected chi connectivity index (χ0v) is 13.1. The van der Waals surface area contributed by atoms with E-state index >= 15 is 0 Å². The molecule has 2 N–H and O–H groups in total. The molecule has 1 aliphatic heterocycles. The summed E-state index contributed by atoms with van der Waals surface area (Å²) in [5, 5.41) is 6.36. The molecule has 1 saturated heterocycles. The maximum absolute atomic E-state index is 12.1. The second-order valence-corrected chi connectivity index (χ2v) is 6.31. The molecule has 0 aliphatic carbocycles. The van der Waals surface area contributed by atoms with Gasteiger partial charge in [-0.15, -0.1) is 0 Å². The van der Waals surface area contributed by atoms with Gasteiger partial charge in [0.15, 0.2) is 0 Å². The molecule has 0 spiro atoms. The Morgan fingerprint density at radius 3 is 3.23 bits per heavy atom. The highest BCUT2D eigenvalue weighted by Gasteiger charge is 2.16. The summed E-state index contributed by atoms with van der Waals surface area (Å²) in [4.78, 5) is 20.5. The molecule has 2 aromatic heterocycles. The van der Waals surface area contributed by atoms with E-state index in [2.05, 4.69) is 20.6 Å². The van der Waals surface area contributed by atoms with Gasteiger partial charge in [-0.05, 0) is 6.07 Å². The molecular formula is C15H19N5OS. The van der Waals surface area contributed by atoms with Crippen LogP contribution in [0.25, 0.3) is 5.82 Å². The van der Waals surface area contributed by atoms with Crippen molar-refractivity contribution in [1.82, 2.24) is 25.2 Å². The largest absolute Gasteiger partial charge is 0.352 e. The zero-order chi connectivity index (χ0) is 15.2. The van der Waals surface area contributed by atoms with Crippen molar-refractivity contribution in [3.05, 3.63) is 42.6 Å². The van der Waals surface area contributed by atoms with Crippen LogP contribution in [0.2, 0.25) is 0 Å². The van der Waals surface area contributed by atoms with Gasteiger partial charge in [0.05, 0.1) is 0 Å². The van der Waals surface area contributed by atoms with E-state index in [9.17, 15) is 4.79 Å². The van der Waals surface area contributed by atoms with Crippen LogP contribution < -0.4 is 10.6 Å². The molecule has 22 heavy (non-hydrogen) atoms. The summed E-state index contributed by atoms with van der Waals surface area (Å²) in [6, 6.07) is 4.12. The van der Waals surface area contributed by atoms with Gasteiger partial charge in [0.1, 0.15) is 12.1 Å². The SMILES string of the molecule is O=C(CC1CSCCN1)NCc1cccnc1-n1ccnc1. The third kappa shape index (κ3) is 3.86. The molecule has 0 radical (unpaired) electrons. The first-order valence-corrected chi connectivity index (χ1v) is 8.48. The zero-order valence-electron chi connectivity index (χ0n) is 12.2. The molecule has 3 rings (SSSR count). The minimum Gasteiger partial charge on any atom is -0.352 e. The summed E-state index contributed by atoms with van der Waals surface area (Å²) in [7, 11) is 0. The van der Waals surface area contributed by atoms with Crippen molar-refractivity contribution in [3.63, 3.8) is 0 Å². The second-order valence-electron chi connectivity index (χ2n) is 5.16. The normalized spacial score (nSPS) is 18.1. The van der Waals surface area contributed by atoms with E-state index in [1.165, 1.54) is 0 Å². The number of nitrogens with one attached hydrogen (secondary N) is 2. The van der Waals surface area contributed by atoms with E-state index in [1.54, 1.807) is 18.7 Å². The van der Waals surface area contributed by atoms with Crippen LogP contribution in [-0.4, -0.2) is 44.5 Å². The molecule has 0 aromatic carbocycles. The molecular weight excluding hydrogens is 298 g/mol. The number of hydrogen-bond donors (Lipinski definition) is 2. The van der Waals surface area contributed by atoms with E-state index < -0.39 is 0 Å². The van der Waals surface area contributed by atoms with Crippen LogP contribution in [0.1, 0.15) is 12.0 Å². The minimum absolute atomic E-state index is 0.0698. The average molecular weight is 317 g/mol. The maximum Gasteiger partial charge on any atom is 0.221 e. The number of thioether (sulfide) groups is 1. The van der Waals surface area contributed by atoms with Crippen LogP contribution in [0, 0.1) is 0 Å². The summed E-state index contributed by atoms with van der Waals surface area (Å²) in [5.74, 6) is 3.00. The minimum atomic E-state index is 0.0698. The Morgan fingerprint density at radius 2 is 2.45 bits per heavy atom. The van der Waals surface area contributed by atoms with E-state index in [-0.39, 0.29) is 11.9 Å². The molecule has 1 unspecified atom stereocenters. The summed E-state index contributed by atoms with van der Waals surface area (Å²) in [6.45, 7) is 1.45. The first-order valence-electron chi connectivity index (χ1n) is 7.33. The average Bonchev–Trinajstić information content (AvgIpc) is 3.08. The monoisotopic (exact) mass is 317 g/mol. The van der Waals surface area contributed by atoms with Crippen LogP contribution in [0.4, 0.5) is 0 Å². The Hall–Kier alpha value is -1.86. The lowest BCUT2D eigenvalue weighted by atomic mass is 10.2. The van der Waals surface area contributed by atoms with Gasteiger partial charge in [0, 0.05) is 61.2 Å². The number of rotatable bonds is 5. The Morgan fingerprint density at radius 1 is 1.50 bits per heavy atom. The smallest absolute Gasteiger partial charge is 0.221 e. The molecule has 116 valence electrons. The molecule has 1 amide bonds. The quantitative estimate of drug-likeness (QED) is 0.860. The predicted molar refractivity (Wildman–Crippen MR) is 86.9 cm³/mol. The van der Waals surface area contributed by atoms with Crippen molar-refractivity contribution in [2.24, 2.45) is 0 Å². The fourth-order valence-corrected chi connectivity index (χ4v) is 3.37. The van der Waals surface area contributed by atoms with Gasteiger partial charge in [-0.1, -0.05) is 6.07 Å². The highest BCUT2D eigenvalue weighted by Crippen LogP contribution is 2.12. The van der Waals surface area contributed by atoms with E-state index in [1.807, 2.05) is 34.7 Å². The first-order chi connectivity index (χ1) is 10.8. The van der Waals surface area contributed by atoms with E-state index in [0.717, 1.165) is 29.4 Å². The topological polar surface area (TPSA) is 71.8 Å². The lowest BCUT2D eigenvalue weighted by molar-refractivity contribution is -0.121. The number of carbonyl (C=O) groups excluding carboxylic acids is 1. The van der Waals surface area contributed by atoms with Crippen molar-refractivity contribution in [2.75, 3.05) is 18.1 Å². The van der Waals surface area contributed by atoms with Gasteiger partial charge in [-0.25, -0.2) is 9.97 Å². The number of hydrogen-bond acceptors (Lipinski definition) is 5. The molecule has 0 bridgehead atoms. The Balaban J connectivity index is 1.58. The standard InChI is InChI=1S/C15H19N5OS/c21-14(8-13-10-22-7-5-17-13)19-9-12-2-1-3-18-15(12)20-6-4-16-11-20/h1-4,6,11,13,17H,5,7-10H2,(H,19,21). The number of aromatic nitrogens is 3. The highest BCUT2D eigenvalue weighted by atomic mass is 32.2. The van der Waals surface area contributed by atoms with Crippen molar-refractivity contribution in [1.29, 1.82) is 0 Å². The summed E-state index contributed by atoms with van der Waals surface area (Å²) < 4.78 is 1.85. The number of imidazole rings is 1. The van der Waals surface area contributed by atoms with Gasteiger partial charge in [-0.3, -0.25) is 9.36 Å². The number of carbonyl (C=O) groups is 1. The molecule has 1 aliphatic rings. The van der Waals surface area contributed by atoms with Crippen LogP contribution in [0.5, 0.6) is 0 Å². The van der Waals surface area contributed by atoms with Crippen molar-refractivity contribution >= 4 is 17.7 Å². The molecule has 1 atom stereocenters. The second kappa shape index (κ2) is 7.42. The van der Waals surface area contributed by atoms with Gasteiger partial charge in [0.2, 0.25) is 5.91 Å². The molecule has 2 aromatic rings. The molecule has 7 heteroatoms. The Bertz CT molecular complexity index is 610. The van der Waals surface area contributed by atoms with Crippen molar-refractivity contribution in [2.45, 2.75) is 19.0 Å². The van der Waals surface area contributed by atoms with Crippen molar-refractivity contribution in [3.8, 4) is 5.82 Å². The molecule has 6 nitrogen and oxygen atoms in total. The number of amides is 1. The van der Waals surface area contributed by atoms with Crippen molar-refractivity contribution < 1.29 is 4.79 Å². The summed E-state index contributed by atoms with van der Waals surface area (Å²) in [6.07, 6.45) is 7.52. The Kier molecular flexibility index (Phi) is 5.07. The fraction of sp³-hybridized carbons (Fsp3) is 0.400. The molecule has 3 heterocycles. The maximum atomic E-state index is 12.1. The fourth-order valence-electron chi connectivity index (χ4n) is 2.43. The Labute approximate surface area is 133 Å².